The third-order valence-corrected chi connectivity index (χ3v) is 4.50. The summed E-state index contributed by atoms with van der Waals surface area (Å²) in [6, 6.07) is 20.3. The van der Waals surface area contributed by atoms with Crippen molar-refractivity contribution in [1.82, 2.24) is 19.6 Å². The number of fused-ring (bicyclic) bond motifs is 4. The van der Waals surface area contributed by atoms with Crippen LogP contribution in [0.4, 0.5) is 5.95 Å². The number of nitrogen functional groups attached to an aromatic ring is 1. The number of hydrogen-bond donors (Lipinski definition) is 1. The van der Waals surface area contributed by atoms with Crippen molar-refractivity contribution >= 4 is 33.3 Å². The normalized spacial score (nSPS) is 11.5. The van der Waals surface area contributed by atoms with Crippen molar-refractivity contribution in [1.29, 1.82) is 0 Å². The van der Waals surface area contributed by atoms with Gasteiger partial charge < -0.3 is 5.73 Å². The van der Waals surface area contributed by atoms with Gasteiger partial charge in [0.1, 0.15) is 0 Å². The molecule has 0 amide bonds. The molecule has 5 nitrogen and oxygen atoms in total. The van der Waals surface area contributed by atoms with Crippen molar-refractivity contribution < 1.29 is 0 Å². The van der Waals surface area contributed by atoms with Crippen LogP contribution in [0.25, 0.3) is 27.3 Å². The molecule has 0 aliphatic rings. The van der Waals surface area contributed by atoms with Gasteiger partial charge in [-0.3, -0.25) is 4.98 Å². The number of rotatable bonds is 2. The van der Waals surface area contributed by atoms with Crippen molar-refractivity contribution in [2.45, 2.75) is 6.42 Å². The predicted octanol–water partition coefficient (Wildman–Crippen LogP) is 3.60. The SMILES string of the molecule is Nc1nc2ccccc2c2cc(Cc3ccnc4ccccc34)nn12. The molecule has 2 aromatic carbocycles. The van der Waals surface area contributed by atoms with Crippen LogP contribution in [0.1, 0.15) is 11.3 Å². The fourth-order valence-corrected chi connectivity index (χ4v) is 3.35. The second kappa shape index (κ2) is 5.27. The van der Waals surface area contributed by atoms with Gasteiger partial charge in [-0.15, -0.1) is 0 Å². The van der Waals surface area contributed by atoms with E-state index in [1.807, 2.05) is 54.7 Å². The average Bonchev–Trinajstić information content (AvgIpc) is 3.07. The van der Waals surface area contributed by atoms with Crippen molar-refractivity contribution in [2.75, 3.05) is 5.73 Å². The summed E-state index contributed by atoms with van der Waals surface area (Å²) in [4.78, 5) is 8.87. The first-order valence-electron chi connectivity index (χ1n) is 8.15. The summed E-state index contributed by atoms with van der Waals surface area (Å²) in [6.07, 6.45) is 2.57. The summed E-state index contributed by atoms with van der Waals surface area (Å²) < 4.78 is 1.72. The maximum atomic E-state index is 6.10. The van der Waals surface area contributed by atoms with Crippen LogP contribution in [0, 0.1) is 0 Å². The Bertz CT molecular complexity index is 1230. The highest BCUT2D eigenvalue weighted by molar-refractivity contribution is 5.94. The van der Waals surface area contributed by atoms with E-state index in [9.17, 15) is 0 Å². The second-order valence-corrected chi connectivity index (χ2v) is 6.08. The van der Waals surface area contributed by atoms with E-state index in [2.05, 4.69) is 27.2 Å². The second-order valence-electron chi connectivity index (χ2n) is 6.08. The zero-order chi connectivity index (χ0) is 16.8. The lowest BCUT2D eigenvalue weighted by atomic mass is 10.0. The summed E-state index contributed by atoms with van der Waals surface area (Å²) in [5.41, 5.74) is 11.1. The fourth-order valence-electron chi connectivity index (χ4n) is 3.35. The molecule has 5 aromatic rings. The minimum atomic E-state index is 0.402. The van der Waals surface area contributed by atoms with Crippen LogP contribution in [-0.2, 0) is 6.42 Å². The molecule has 0 aliphatic carbocycles. The Morgan fingerprint density at radius 2 is 1.64 bits per heavy atom. The highest BCUT2D eigenvalue weighted by atomic mass is 15.3. The molecule has 3 heterocycles. The summed E-state index contributed by atoms with van der Waals surface area (Å²) in [7, 11) is 0. The first-order chi connectivity index (χ1) is 12.3. The van der Waals surface area contributed by atoms with Gasteiger partial charge in [0.15, 0.2) is 0 Å². The molecule has 5 heteroatoms. The molecule has 0 fully saturated rings. The van der Waals surface area contributed by atoms with E-state index in [0.717, 1.165) is 39.4 Å². The molecule has 0 radical (unpaired) electrons. The van der Waals surface area contributed by atoms with Crippen LogP contribution in [0.15, 0.2) is 66.9 Å². The molecule has 0 aliphatic heterocycles. The zero-order valence-electron chi connectivity index (χ0n) is 13.4. The standard InChI is InChI=1S/C20H15N5/c21-20-23-18-8-4-2-6-16(18)19-12-14(24-25(19)20)11-13-9-10-22-17-7-3-1-5-15(13)17/h1-10,12H,11H2,(H2,21,23). The van der Waals surface area contributed by atoms with Crippen molar-refractivity contribution in [3.05, 3.63) is 78.1 Å². The Labute approximate surface area is 143 Å². The molecule has 120 valence electrons. The predicted molar refractivity (Wildman–Crippen MR) is 99.5 cm³/mol. The smallest absolute Gasteiger partial charge is 0.222 e. The Balaban J connectivity index is 1.68. The topological polar surface area (TPSA) is 69.1 Å². The molecule has 2 N–H and O–H groups in total. The van der Waals surface area contributed by atoms with Crippen molar-refractivity contribution in [2.24, 2.45) is 0 Å². The third-order valence-electron chi connectivity index (χ3n) is 4.50. The van der Waals surface area contributed by atoms with E-state index in [1.54, 1.807) is 4.52 Å². The maximum absolute atomic E-state index is 6.10. The number of nitrogens with two attached hydrogens (primary N) is 1. The number of nitrogens with zero attached hydrogens (tertiary/aromatic N) is 4. The first kappa shape index (κ1) is 13.9. The molecule has 3 aromatic heterocycles. The van der Waals surface area contributed by atoms with Gasteiger partial charge in [-0.2, -0.15) is 9.61 Å². The van der Waals surface area contributed by atoms with E-state index in [1.165, 1.54) is 5.56 Å². The molecule has 25 heavy (non-hydrogen) atoms. The molecule has 0 saturated carbocycles. The zero-order valence-corrected chi connectivity index (χ0v) is 13.4. The maximum Gasteiger partial charge on any atom is 0.222 e. The Morgan fingerprint density at radius 3 is 2.52 bits per heavy atom. The summed E-state index contributed by atoms with van der Waals surface area (Å²) >= 11 is 0. The van der Waals surface area contributed by atoms with E-state index >= 15 is 0 Å². The Hall–Kier alpha value is -3.47. The number of benzene rings is 2. The molecule has 0 bridgehead atoms. The quantitative estimate of drug-likeness (QED) is 0.538. The minimum Gasteiger partial charge on any atom is -0.368 e. The Kier molecular flexibility index (Phi) is 2.94. The van der Waals surface area contributed by atoms with Gasteiger partial charge in [-0.1, -0.05) is 36.4 Å². The molecular weight excluding hydrogens is 310 g/mol. The number of para-hydroxylation sites is 2. The largest absolute Gasteiger partial charge is 0.368 e. The highest BCUT2D eigenvalue weighted by Crippen LogP contribution is 2.24. The fraction of sp³-hybridized carbons (Fsp3) is 0.0500. The molecule has 5 rings (SSSR count). The Morgan fingerprint density at radius 1 is 0.880 bits per heavy atom. The molecule has 0 spiro atoms. The highest BCUT2D eigenvalue weighted by Gasteiger charge is 2.11. The van der Waals surface area contributed by atoms with Gasteiger partial charge in [0.05, 0.1) is 22.2 Å². The lowest BCUT2D eigenvalue weighted by Gasteiger charge is -2.03. The first-order valence-corrected chi connectivity index (χ1v) is 8.15. The number of anilines is 1. The lowest BCUT2D eigenvalue weighted by Crippen LogP contribution is -2.02. The van der Waals surface area contributed by atoms with E-state index in [4.69, 9.17) is 5.73 Å². The molecule has 0 unspecified atom stereocenters. The van der Waals surface area contributed by atoms with Gasteiger partial charge in [0.2, 0.25) is 5.95 Å². The van der Waals surface area contributed by atoms with Gasteiger partial charge >= 0.3 is 0 Å². The summed E-state index contributed by atoms with van der Waals surface area (Å²) in [5, 5.41) is 6.88. The molecule has 0 saturated heterocycles. The summed E-state index contributed by atoms with van der Waals surface area (Å²) in [5.74, 6) is 0.402. The molecular formula is C20H15N5. The molecule has 0 atom stereocenters. The monoisotopic (exact) mass is 325 g/mol. The van der Waals surface area contributed by atoms with Gasteiger partial charge in [0.25, 0.3) is 0 Å². The number of aromatic nitrogens is 4. The lowest BCUT2D eigenvalue weighted by molar-refractivity contribution is 0.905. The van der Waals surface area contributed by atoms with Gasteiger partial charge in [0, 0.05) is 23.4 Å². The van der Waals surface area contributed by atoms with E-state index in [0.29, 0.717) is 5.95 Å². The van der Waals surface area contributed by atoms with Crippen LogP contribution in [0.3, 0.4) is 0 Å². The number of pyridine rings is 1. The van der Waals surface area contributed by atoms with Gasteiger partial charge in [-0.05, 0) is 29.8 Å². The van der Waals surface area contributed by atoms with Crippen LogP contribution in [-0.4, -0.2) is 19.6 Å². The third kappa shape index (κ3) is 2.21. The van der Waals surface area contributed by atoms with Gasteiger partial charge in [-0.25, -0.2) is 4.98 Å². The van der Waals surface area contributed by atoms with Crippen LogP contribution >= 0.6 is 0 Å². The summed E-state index contributed by atoms with van der Waals surface area (Å²) in [6.45, 7) is 0. The van der Waals surface area contributed by atoms with Crippen LogP contribution in [0.2, 0.25) is 0 Å². The number of hydrogen-bond acceptors (Lipinski definition) is 4. The van der Waals surface area contributed by atoms with Crippen molar-refractivity contribution in [3.8, 4) is 0 Å². The van der Waals surface area contributed by atoms with Crippen LogP contribution < -0.4 is 5.73 Å². The van der Waals surface area contributed by atoms with Crippen LogP contribution in [0.5, 0.6) is 0 Å². The average molecular weight is 325 g/mol. The van der Waals surface area contributed by atoms with E-state index < -0.39 is 0 Å². The minimum absolute atomic E-state index is 0.402. The van der Waals surface area contributed by atoms with E-state index in [-0.39, 0.29) is 0 Å². The van der Waals surface area contributed by atoms with Crippen molar-refractivity contribution in [3.63, 3.8) is 0 Å².